The fourth-order valence-corrected chi connectivity index (χ4v) is 7.75. The number of unbranched alkanes of at least 4 members (excludes halogenated alkanes) is 3. The van der Waals surface area contributed by atoms with Crippen LogP contribution < -0.4 is 27.6 Å². The molecule has 33 heavy (non-hydrogen) atoms. The third-order valence-corrected chi connectivity index (χ3v) is 8.51. The molecule has 5 aliphatic heterocycles. The van der Waals surface area contributed by atoms with Gasteiger partial charge in [0.25, 0.3) is 5.79 Å². The minimum absolute atomic E-state index is 0.00594. The van der Waals surface area contributed by atoms with Gasteiger partial charge in [0.2, 0.25) is 0 Å². The minimum Gasteiger partial charge on any atom is -0.241 e. The Morgan fingerprint density at radius 2 is 1.45 bits per heavy atom. The van der Waals surface area contributed by atoms with Crippen LogP contribution in [0.15, 0.2) is 0 Å². The molecule has 2 atom stereocenters. The minimum atomic E-state index is -4.69. The second-order valence-electron chi connectivity index (χ2n) is 7.85. The topological polar surface area (TPSA) is 221 Å². The summed E-state index contributed by atoms with van der Waals surface area (Å²) < 4.78 is 102. The van der Waals surface area contributed by atoms with E-state index in [2.05, 4.69) is 27.6 Å². The van der Waals surface area contributed by atoms with E-state index in [9.17, 15) is 25.3 Å². The first-order valence-corrected chi connectivity index (χ1v) is 13.9. The van der Waals surface area contributed by atoms with Crippen molar-refractivity contribution in [3.8, 4) is 0 Å². The molecule has 0 amide bonds. The van der Waals surface area contributed by atoms with Crippen molar-refractivity contribution in [3.63, 3.8) is 0 Å². The first-order valence-electron chi connectivity index (χ1n) is 9.93. The Balaban J connectivity index is 1.63. The van der Waals surface area contributed by atoms with E-state index in [1.165, 1.54) is 0 Å². The third kappa shape index (κ3) is 3.47. The summed E-state index contributed by atoms with van der Waals surface area (Å²) in [6.45, 7) is 2.01. The summed E-state index contributed by atoms with van der Waals surface area (Å²) in [5.41, 5.74) is 12.9. The number of hydrazine groups is 5. The molecule has 18 nitrogen and oxygen atoms in total. The highest BCUT2D eigenvalue weighted by atomic mass is 32.3. The third-order valence-electron chi connectivity index (χ3n) is 5.87. The van der Waals surface area contributed by atoms with Crippen LogP contribution in [-0.4, -0.2) is 60.3 Å². The van der Waals surface area contributed by atoms with E-state index in [-0.39, 0.29) is 13.0 Å². The highest BCUT2D eigenvalue weighted by molar-refractivity contribution is 7.84. The van der Waals surface area contributed by atoms with Crippen molar-refractivity contribution in [2.75, 3.05) is 6.54 Å². The lowest BCUT2D eigenvalue weighted by molar-refractivity contribution is -0.537. The van der Waals surface area contributed by atoms with Gasteiger partial charge in [0.15, 0.2) is 0 Å². The summed E-state index contributed by atoms with van der Waals surface area (Å²) in [6.07, 6.45) is 3.38. The largest absolute Gasteiger partial charge is 0.408 e. The van der Waals surface area contributed by atoms with Gasteiger partial charge in [-0.3, -0.25) is 0 Å². The standard InChI is InChI=1S/C12H22N6O12S3/c1-2-3-4-5-6-8-9-7-13-14-15-16-17-18(9)12(29-33(23,24)30-12)11(27-32(21,22)28-11)10(8)25-31(19,20)26-10/h8-9,13-17H,2-7H2,1H3. The quantitative estimate of drug-likeness (QED) is 0.216. The van der Waals surface area contributed by atoms with E-state index in [0.717, 1.165) is 24.3 Å². The highest BCUT2D eigenvalue weighted by Crippen LogP contribution is 2.66. The van der Waals surface area contributed by atoms with Crippen molar-refractivity contribution in [2.24, 2.45) is 5.92 Å². The van der Waals surface area contributed by atoms with Crippen molar-refractivity contribution in [3.05, 3.63) is 0 Å². The molecule has 0 aromatic heterocycles. The molecule has 21 heteroatoms. The first-order chi connectivity index (χ1) is 15.4. The van der Waals surface area contributed by atoms with Crippen LogP contribution >= 0.6 is 0 Å². The van der Waals surface area contributed by atoms with E-state index < -0.39 is 60.6 Å². The van der Waals surface area contributed by atoms with Gasteiger partial charge in [0.05, 0.1) is 6.04 Å². The maximum absolute atomic E-state index is 12.0. The molecule has 5 N–H and O–H groups in total. The molecule has 3 spiro atoms. The smallest absolute Gasteiger partial charge is 0.241 e. The lowest BCUT2D eigenvalue weighted by Crippen LogP contribution is -2.97. The van der Waals surface area contributed by atoms with Gasteiger partial charge >= 0.3 is 42.9 Å². The summed E-state index contributed by atoms with van der Waals surface area (Å²) in [4.78, 5) is 0. The molecule has 190 valence electrons. The van der Waals surface area contributed by atoms with Gasteiger partial charge in [-0.2, -0.15) is 69.1 Å². The van der Waals surface area contributed by atoms with Crippen LogP contribution in [0.25, 0.3) is 0 Å². The van der Waals surface area contributed by atoms with Gasteiger partial charge in [-0.25, -0.2) is 13.8 Å². The Hall–Kier alpha value is -0.630. The predicted octanol–water partition coefficient (Wildman–Crippen LogP) is -3.28. The lowest BCUT2D eigenvalue weighted by Gasteiger charge is -2.69. The van der Waals surface area contributed by atoms with Crippen molar-refractivity contribution in [2.45, 2.75) is 62.6 Å². The zero-order valence-corrected chi connectivity index (χ0v) is 19.4. The van der Waals surface area contributed by atoms with E-state index in [1.54, 1.807) is 0 Å². The second-order valence-corrected chi connectivity index (χ2v) is 11.3. The van der Waals surface area contributed by atoms with Gasteiger partial charge in [-0.15, -0.1) is 0 Å². The molecule has 0 aromatic carbocycles. The Bertz CT molecular complexity index is 1090. The maximum Gasteiger partial charge on any atom is 0.408 e. The van der Waals surface area contributed by atoms with Crippen LogP contribution in [0.2, 0.25) is 0 Å². The van der Waals surface area contributed by atoms with Gasteiger partial charge in [0.1, 0.15) is 0 Å². The van der Waals surface area contributed by atoms with E-state index in [4.69, 9.17) is 25.1 Å². The number of nitrogens with zero attached hydrogens (tertiary/aromatic N) is 1. The highest BCUT2D eigenvalue weighted by Gasteiger charge is 2.95. The molecular weight excluding hydrogens is 516 g/mol. The van der Waals surface area contributed by atoms with Crippen molar-refractivity contribution in [1.82, 2.24) is 32.6 Å². The van der Waals surface area contributed by atoms with Crippen LogP contribution in [0.5, 0.6) is 0 Å². The number of hydrogen-bond acceptors (Lipinski definition) is 18. The Kier molecular flexibility index (Phi) is 5.61. The van der Waals surface area contributed by atoms with E-state index in [1.807, 2.05) is 6.92 Å². The zero-order chi connectivity index (χ0) is 23.8. The van der Waals surface area contributed by atoms with Crippen LogP contribution in [0.4, 0.5) is 0 Å². The summed E-state index contributed by atoms with van der Waals surface area (Å²) in [6, 6.07) is -0.888. The lowest BCUT2D eigenvalue weighted by atomic mass is 9.75. The molecule has 0 radical (unpaired) electrons. The number of fused-ring (bicyclic) bond motifs is 4. The molecular formula is C12H22N6O12S3. The van der Waals surface area contributed by atoms with Crippen LogP contribution in [0.1, 0.15) is 39.0 Å². The zero-order valence-electron chi connectivity index (χ0n) is 17.0. The fraction of sp³-hybridized carbons (Fsp3) is 1.00. The molecule has 5 heterocycles. The SMILES string of the molecule is CCCCCCC1C2CNNNNNN2C2(OS(=O)(=O)O2)C2(OS(=O)(=O)O2)C12OS(=O)(=O)O2. The van der Waals surface area contributed by atoms with Gasteiger partial charge in [-0.05, 0) is 6.42 Å². The van der Waals surface area contributed by atoms with Crippen LogP contribution in [0.3, 0.4) is 0 Å². The number of rotatable bonds is 5. The van der Waals surface area contributed by atoms with Crippen molar-refractivity contribution >= 4 is 31.2 Å². The number of piperidine rings is 1. The first kappa shape index (κ1) is 24.1. The van der Waals surface area contributed by atoms with Crippen LogP contribution in [-0.2, 0) is 56.3 Å². The molecule has 5 saturated heterocycles. The molecule has 0 bridgehead atoms. The summed E-state index contributed by atoms with van der Waals surface area (Å²) in [5, 5.41) is 1.05. The molecule has 0 saturated carbocycles. The summed E-state index contributed by atoms with van der Waals surface area (Å²) >= 11 is 0. The molecule has 5 fully saturated rings. The monoisotopic (exact) mass is 538 g/mol. The van der Waals surface area contributed by atoms with E-state index >= 15 is 0 Å². The molecule has 5 aliphatic rings. The Morgan fingerprint density at radius 3 is 2.03 bits per heavy atom. The van der Waals surface area contributed by atoms with Gasteiger partial charge in [0, 0.05) is 12.5 Å². The van der Waals surface area contributed by atoms with Gasteiger partial charge in [-0.1, -0.05) is 32.6 Å². The number of nitrogens with one attached hydrogen (secondary N) is 5. The number of hydrogen-bond donors (Lipinski definition) is 5. The average molecular weight is 539 g/mol. The molecule has 0 aliphatic carbocycles. The van der Waals surface area contributed by atoms with Crippen LogP contribution in [0, 0.1) is 5.92 Å². The second kappa shape index (κ2) is 7.68. The predicted molar refractivity (Wildman–Crippen MR) is 99.9 cm³/mol. The summed E-state index contributed by atoms with van der Waals surface area (Å²) in [5.74, 6) is -8.92. The Labute approximate surface area is 189 Å². The normalized spacial score (nSPS) is 36.6. The average Bonchev–Trinajstić information content (AvgIpc) is 2.61. The maximum atomic E-state index is 12.0. The molecule has 2 unspecified atom stereocenters. The molecule has 5 rings (SSSR count). The van der Waals surface area contributed by atoms with E-state index in [0.29, 0.717) is 6.42 Å². The Morgan fingerprint density at radius 1 is 0.818 bits per heavy atom. The van der Waals surface area contributed by atoms with Crippen molar-refractivity contribution < 1.29 is 50.4 Å². The summed E-state index contributed by atoms with van der Waals surface area (Å²) in [7, 11) is -13.9. The fourth-order valence-electron chi connectivity index (χ4n) is 4.69. The molecule has 0 aromatic rings. The van der Waals surface area contributed by atoms with Crippen molar-refractivity contribution in [1.29, 1.82) is 0 Å². The van der Waals surface area contributed by atoms with Gasteiger partial charge < -0.3 is 0 Å².